The van der Waals surface area contributed by atoms with E-state index >= 15 is 0 Å². The number of halogens is 5. The summed E-state index contributed by atoms with van der Waals surface area (Å²) in [4.78, 5) is 4.34. The molecule has 0 amide bonds. The van der Waals surface area contributed by atoms with Gasteiger partial charge in [0.05, 0.1) is 16.9 Å². The molecular weight excluding hydrogens is 412 g/mol. The number of aryl methyl sites for hydroxylation is 1. The van der Waals surface area contributed by atoms with Crippen LogP contribution < -0.4 is 0 Å². The first-order valence-corrected chi connectivity index (χ1v) is 7.92. The van der Waals surface area contributed by atoms with E-state index in [4.69, 9.17) is 11.6 Å². The van der Waals surface area contributed by atoms with Crippen LogP contribution in [0.2, 0.25) is 0 Å². The Balaban J connectivity index is 2.25. The van der Waals surface area contributed by atoms with Gasteiger partial charge in [0.25, 0.3) is 0 Å². The summed E-state index contributed by atoms with van der Waals surface area (Å²) in [5, 5.41) is 0. The Morgan fingerprint density at radius 3 is 2.74 bits per heavy atom. The minimum Gasteiger partial charge on any atom is -0.326 e. The van der Waals surface area contributed by atoms with Gasteiger partial charge in [-0.1, -0.05) is 0 Å². The number of fused-ring (bicyclic) bond motifs is 1. The second-order valence-corrected chi connectivity index (χ2v) is 6.41. The summed E-state index contributed by atoms with van der Waals surface area (Å²) in [5.74, 6) is 0.730. The SMILES string of the molecule is FC(F)(F)SCCn1c(CCl)nc2cc(I)ccc21. The van der Waals surface area contributed by atoms with Gasteiger partial charge in [-0.3, -0.25) is 0 Å². The number of aromatic nitrogens is 2. The molecule has 2 aromatic rings. The predicted octanol–water partition coefficient (Wildman–Crippen LogP) is 4.63. The summed E-state index contributed by atoms with van der Waals surface area (Å²) in [5.41, 5.74) is -2.62. The van der Waals surface area contributed by atoms with Gasteiger partial charge in [-0.05, 0) is 52.6 Å². The largest absolute Gasteiger partial charge is 0.441 e. The average molecular weight is 421 g/mol. The van der Waals surface area contributed by atoms with E-state index in [1.165, 1.54) is 0 Å². The molecule has 0 aliphatic carbocycles. The van der Waals surface area contributed by atoms with E-state index < -0.39 is 5.51 Å². The van der Waals surface area contributed by atoms with Crippen LogP contribution >= 0.6 is 46.0 Å². The number of hydrogen-bond donors (Lipinski definition) is 0. The molecule has 1 heterocycles. The first-order chi connectivity index (χ1) is 8.90. The zero-order valence-electron chi connectivity index (χ0n) is 9.55. The maximum Gasteiger partial charge on any atom is 0.441 e. The topological polar surface area (TPSA) is 17.8 Å². The zero-order valence-corrected chi connectivity index (χ0v) is 13.3. The van der Waals surface area contributed by atoms with Gasteiger partial charge >= 0.3 is 5.51 Å². The Hall–Kier alpha value is -0.150. The fourth-order valence-electron chi connectivity index (χ4n) is 1.76. The van der Waals surface area contributed by atoms with Gasteiger partial charge in [0, 0.05) is 15.9 Å². The van der Waals surface area contributed by atoms with Crippen molar-refractivity contribution in [1.29, 1.82) is 0 Å². The van der Waals surface area contributed by atoms with E-state index in [9.17, 15) is 13.2 Å². The zero-order chi connectivity index (χ0) is 14.0. The first kappa shape index (κ1) is 15.2. The van der Waals surface area contributed by atoms with Crippen molar-refractivity contribution in [2.24, 2.45) is 0 Å². The molecule has 0 bridgehead atoms. The molecule has 0 saturated carbocycles. The molecule has 0 N–H and O–H groups in total. The molecule has 0 saturated heterocycles. The van der Waals surface area contributed by atoms with Crippen molar-refractivity contribution in [1.82, 2.24) is 9.55 Å². The van der Waals surface area contributed by atoms with Gasteiger partial charge in [-0.2, -0.15) is 13.2 Å². The van der Waals surface area contributed by atoms with Crippen LogP contribution in [0.3, 0.4) is 0 Å². The fraction of sp³-hybridized carbons (Fsp3) is 0.364. The highest BCUT2D eigenvalue weighted by molar-refractivity contribution is 14.1. The molecule has 0 aliphatic rings. The number of nitrogens with zero attached hydrogens (tertiary/aromatic N) is 2. The van der Waals surface area contributed by atoms with E-state index in [1.54, 1.807) is 4.57 Å². The van der Waals surface area contributed by atoms with Crippen molar-refractivity contribution in [3.05, 3.63) is 27.6 Å². The molecule has 1 aromatic heterocycles. The van der Waals surface area contributed by atoms with Crippen molar-refractivity contribution in [2.75, 3.05) is 5.75 Å². The highest BCUT2D eigenvalue weighted by atomic mass is 127. The smallest absolute Gasteiger partial charge is 0.326 e. The van der Waals surface area contributed by atoms with E-state index in [1.807, 2.05) is 18.2 Å². The van der Waals surface area contributed by atoms with Crippen LogP contribution in [-0.2, 0) is 12.4 Å². The minimum atomic E-state index is -4.20. The maximum absolute atomic E-state index is 12.1. The van der Waals surface area contributed by atoms with Gasteiger partial charge in [-0.15, -0.1) is 11.6 Å². The van der Waals surface area contributed by atoms with Crippen LogP contribution in [0.5, 0.6) is 0 Å². The highest BCUT2D eigenvalue weighted by Gasteiger charge is 2.27. The van der Waals surface area contributed by atoms with Crippen molar-refractivity contribution in [3.8, 4) is 0 Å². The van der Waals surface area contributed by atoms with Crippen molar-refractivity contribution >= 4 is 57.0 Å². The number of benzene rings is 1. The lowest BCUT2D eigenvalue weighted by Gasteiger charge is -2.09. The third-order valence-corrected chi connectivity index (χ3v) is 4.11. The highest BCUT2D eigenvalue weighted by Crippen LogP contribution is 2.30. The van der Waals surface area contributed by atoms with Gasteiger partial charge in [-0.25, -0.2) is 4.98 Å². The van der Waals surface area contributed by atoms with Crippen LogP contribution in [0, 0.1) is 3.57 Å². The Labute approximate surface area is 130 Å². The summed E-state index contributed by atoms with van der Waals surface area (Å²) in [7, 11) is 0. The number of thioether (sulfide) groups is 1. The van der Waals surface area contributed by atoms with Gasteiger partial charge < -0.3 is 4.57 Å². The van der Waals surface area contributed by atoms with Crippen molar-refractivity contribution in [2.45, 2.75) is 17.9 Å². The molecule has 0 unspecified atom stereocenters. The van der Waals surface area contributed by atoms with Crippen LogP contribution in [0.25, 0.3) is 11.0 Å². The van der Waals surface area contributed by atoms with Crippen molar-refractivity contribution in [3.63, 3.8) is 0 Å². The monoisotopic (exact) mass is 420 g/mol. The van der Waals surface area contributed by atoms with Crippen LogP contribution in [-0.4, -0.2) is 20.8 Å². The Morgan fingerprint density at radius 1 is 1.37 bits per heavy atom. The Bertz CT molecular complexity index is 585. The van der Waals surface area contributed by atoms with E-state index in [-0.39, 0.29) is 29.9 Å². The lowest BCUT2D eigenvalue weighted by molar-refractivity contribution is -0.0328. The number of imidazole rings is 1. The molecule has 2 rings (SSSR count). The number of alkyl halides is 4. The molecule has 0 spiro atoms. The van der Waals surface area contributed by atoms with E-state index in [0.717, 1.165) is 14.6 Å². The summed E-state index contributed by atoms with van der Waals surface area (Å²) < 4.78 is 39.2. The summed E-state index contributed by atoms with van der Waals surface area (Å²) >= 11 is 7.93. The van der Waals surface area contributed by atoms with E-state index in [0.29, 0.717) is 5.82 Å². The van der Waals surface area contributed by atoms with Gasteiger partial charge in [0.2, 0.25) is 0 Å². The van der Waals surface area contributed by atoms with Gasteiger partial charge in [0.15, 0.2) is 0 Å². The third-order valence-electron chi connectivity index (χ3n) is 2.49. The molecule has 1 aromatic carbocycles. The quantitative estimate of drug-likeness (QED) is 0.530. The van der Waals surface area contributed by atoms with Crippen molar-refractivity contribution < 1.29 is 13.2 Å². The predicted molar refractivity (Wildman–Crippen MR) is 80.5 cm³/mol. The number of hydrogen-bond acceptors (Lipinski definition) is 2. The molecule has 19 heavy (non-hydrogen) atoms. The second-order valence-electron chi connectivity index (χ2n) is 3.74. The lowest BCUT2D eigenvalue weighted by atomic mass is 10.3. The third kappa shape index (κ3) is 3.91. The molecular formula is C11H9ClF3IN2S. The van der Waals surface area contributed by atoms with E-state index in [2.05, 4.69) is 27.6 Å². The first-order valence-electron chi connectivity index (χ1n) is 5.32. The minimum absolute atomic E-state index is 0.0305. The average Bonchev–Trinajstić information content (AvgIpc) is 2.65. The normalized spacial score (nSPS) is 12.3. The molecule has 0 atom stereocenters. The van der Waals surface area contributed by atoms with Crippen LogP contribution in [0.15, 0.2) is 18.2 Å². The summed E-state index contributed by atoms with van der Waals surface area (Å²) in [6.07, 6.45) is 0. The molecule has 8 heteroatoms. The lowest BCUT2D eigenvalue weighted by Crippen LogP contribution is -2.08. The van der Waals surface area contributed by atoms with Crippen LogP contribution in [0.4, 0.5) is 13.2 Å². The molecule has 0 radical (unpaired) electrons. The maximum atomic E-state index is 12.1. The molecule has 0 fully saturated rings. The second kappa shape index (κ2) is 6.09. The number of rotatable bonds is 4. The molecule has 104 valence electrons. The summed E-state index contributed by atoms with van der Waals surface area (Å²) in [6.45, 7) is 0.239. The van der Waals surface area contributed by atoms with Gasteiger partial charge in [0.1, 0.15) is 5.82 Å². The fourth-order valence-corrected chi connectivity index (χ4v) is 2.94. The Kier molecular flexibility index (Phi) is 4.88. The molecule has 0 aliphatic heterocycles. The Morgan fingerprint density at radius 2 is 2.11 bits per heavy atom. The standard InChI is InChI=1S/C11H9ClF3IN2S/c12-6-10-17-8-5-7(16)1-2-9(8)18(10)3-4-19-11(13,14)15/h1-2,5H,3-4,6H2. The molecule has 2 nitrogen and oxygen atoms in total. The summed E-state index contributed by atoms with van der Waals surface area (Å²) in [6, 6.07) is 5.65. The van der Waals surface area contributed by atoms with Crippen LogP contribution in [0.1, 0.15) is 5.82 Å².